The summed E-state index contributed by atoms with van der Waals surface area (Å²) in [4.78, 5) is 11.4. The Labute approximate surface area is 102 Å². The third kappa shape index (κ3) is 2.71. The van der Waals surface area contributed by atoms with Gasteiger partial charge >= 0.3 is 5.97 Å². The summed E-state index contributed by atoms with van der Waals surface area (Å²) in [7, 11) is 1.11. The van der Waals surface area contributed by atoms with Crippen molar-refractivity contribution in [2.75, 3.05) is 7.11 Å². The summed E-state index contributed by atoms with van der Waals surface area (Å²) in [5.41, 5.74) is -0.396. The zero-order valence-electron chi connectivity index (χ0n) is 8.84. The van der Waals surface area contributed by atoms with Crippen LogP contribution in [0.5, 0.6) is 0 Å². The van der Waals surface area contributed by atoms with Gasteiger partial charge in [0.15, 0.2) is 0 Å². The Morgan fingerprint density at radius 2 is 2.24 bits per heavy atom. The number of halogens is 3. The van der Waals surface area contributed by atoms with Crippen LogP contribution < -0.4 is 0 Å². The minimum absolute atomic E-state index is 0.0312. The summed E-state index contributed by atoms with van der Waals surface area (Å²) in [5, 5.41) is 8.90. The van der Waals surface area contributed by atoms with Gasteiger partial charge in [0.1, 0.15) is 6.07 Å². The Kier molecular flexibility index (Phi) is 4.41. The second-order valence-corrected chi connectivity index (χ2v) is 3.41. The van der Waals surface area contributed by atoms with Crippen molar-refractivity contribution in [2.45, 2.75) is 12.3 Å². The molecule has 0 amide bonds. The summed E-state index contributed by atoms with van der Waals surface area (Å²) in [6.07, 6.45) is -2.74. The van der Waals surface area contributed by atoms with Gasteiger partial charge in [-0.2, -0.15) is 5.26 Å². The van der Waals surface area contributed by atoms with Gasteiger partial charge in [-0.3, -0.25) is 0 Å². The molecule has 0 aliphatic heterocycles. The molecule has 0 aliphatic rings. The third-order valence-corrected chi connectivity index (χ3v) is 2.44. The molecule has 1 rings (SSSR count). The van der Waals surface area contributed by atoms with Crippen LogP contribution in [0.2, 0.25) is 0 Å². The van der Waals surface area contributed by atoms with Crippen LogP contribution in [0.4, 0.5) is 8.78 Å². The molecule has 0 N–H and O–H groups in total. The number of rotatable bonds is 3. The van der Waals surface area contributed by atoms with Crippen molar-refractivity contribution >= 4 is 17.6 Å². The molecule has 1 aromatic rings. The van der Waals surface area contributed by atoms with E-state index in [4.69, 9.17) is 16.9 Å². The average Bonchev–Trinajstić information content (AvgIpc) is 2.35. The van der Waals surface area contributed by atoms with Crippen LogP contribution in [-0.2, 0) is 10.6 Å². The molecular weight excluding hydrogens is 252 g/mol. The van der Waals surface area contributed by atoms with Crippen molar-refractivity contribution in [3.8, 4) is 6.07 Å². The molecule has 0 spiro atoms. The lowest BCUT2D eigenvalue weighted by molar-refractivity contribution is 0.0599. The Hall–Kier alpha value is -1.67. The molecule has 0 aromatic heterocycles. The van der Waals surface area contributed by atoms with E-state index in [2.05, 4.69) is 4.74 Å². The van der Waals surface area contributed by atoms with Crippen molar-refractivity contribution in [2.24, 2.45) is 0 Å². The van der Waals surface area contributed by atoms with Gasteiger partial charge in [-0.15, -0.1) is 11.6 Å². The highest BCUT2D eigenvalue weighted by Gasteiger charge is 2.20. The third-order valence-electron chi connectivity index (χ3n) is 2.16. The second kappa shape index (κ2) is 5.60. The largest absolute Gasteiger partial charge is 0.465 e. The zero-order chi connectivity index (χ0) is 13.0. The highest BCUT2D eigenvalue weighted by Crippen LogP contribution is 2.26. The van der Waals surface area contributed by atoms with E-state index in [1.165, 1.54) is 0 Å². The maximum absolute atomic E-state index is 12.6. The summed E-state index contributed by atoms with van der Waals surface area (Å²) in [6, 6.07) is 3.83. The van der Waals surface area contributed by atoms with Crippen LogP contribution in [0.3, 0.4) is 0 Å². The molecule has 90 valence electrons. The van der Waals surface area contributed by atoms with E-state index in [0.717, 1.165) is 19.2 Å². The molecule has 0 unspecified atom stereocenters. The van der Waals surface area contributed by atoms with Crippen molar-refractivity contribution in [3.05, 3.63) is 34.4 Å². The first-order valence-electron chi connectivity index (χ1n) is 4.54. The van der Waals surface area contributed by atoms with E-state index in [9.17, 15) is 13.6 Å². The van der Waals surface area contributed by atoms with Crippen molar-refractivity contribution in [1.29, 1.82) is 5.26 Å². The molecular formula is C11H8ClF2NO2. The molecule has 3 nitrogen and oxygen atoms in total. The van der Waals surface area contributed by atoms with Gasteiger partial charge < -0.3 is 4.74 Å². The lowest BCUT2D eigenvalue weighted by atomic mass is 9.99. The van der Waals surface area contributed by atoms with E-state index in [0.29, 0.717) is 0 Å². The molecule has 0 fully saturated rings. The molecule has 6 heteroatoms. The lowest BCUT2D eigenvalue weighted by Crippen LogP contribution is -2.07. The Bertz CT molecular complexity index is 483. The van der Waals surface area contributed by atoms with Crippen molar-refractivity contribution in [1.82, 2.24) is 0 Å². The number of carbonyl (C=O) groups is 1. The molecule has 0 aliphatic carbocycles. The van der Waals surface area contributed by atoms with Crippen LogP contribution in [0, 0.1) is 11.3 Å². The average molecular weight is 260 g/mol. The van der Waals surface area contributed by atoms with Gasteiger partial charge in [-0.25, -0.2) is 13.6 Å². The molecule has 0 bridgehead atoms. The number of alkyl halides is 3. The minimum atomic E-state index is -2.74. The zero-order valence-corrected chi connectivity index (χ0v) is 9.59. The monoisotopic (exact) mass is 259 g/mol. The molecule has 0 radical (unpaired) electrons. The van der Waals surface area contributed by atoms with Crippen molar-refractivity contribution in [3.63, 3.8) is 0 Å². The van der Waals surface area contributed by atoms with Gasteiger partial charge in [-0.1, -0.05) is 0 Å². The number of benzene rings is 1. The van der Waals surface area contributed by atoms with Gasteiger partial charge in [0.2, 0.25) is 0 Å². The predicted octanol–water partition coefficient (Wildman–Crippen LogP) is 3.02. The van der Waals surface area contributed by atoms with Crippen molar-refractivity contribution < 1.29 is 18.3 Å². The lowest BCUT2D eigenvalue weighted by Gasteiger charge is -2.09. The maximum Gasteiger partial charge on any atom is 0.339 e. The standard InChI is InChI=1S/C11H8ClF2NO2/c1-17-11(16)8-3-6(10(13)14)2-7(4-12)9(8)5-15/h2-3,10H,4H2,1H3. The first-order chi connectivity index (χ1) is 8.04. The highest BCUT2D eigenvalue weighted by molar-refractivity contribution is 6.17. The Morgan fingerprint density at radius 1 is 1.59 bits per heavy atom. The van der Waals surface area contributed by atoms with Gasteiger partial charge in [0.05, 0.1) is 18.2 Å². The van der Waals surface area contributed by atoms with E-state index in [1.807, 2.05) is 0 Å². The number of esters is 1. The summed E-state index contributed by atoms with van der Waals surface area (Å²) in [5.74, 6) is -0.969. The highest BCUT2D eigenvalue weighted by atomic mass is 35.5. The van der Waals surface area contributed by atoms with E-state index in [-0.39, 0.29) is 28.1 Å². The molecule has 17 heavy (non-hydrogen) atoms. The fraction of sp³-hybridized carbons (Fsp3) is 0.273. The first-order valence-corrected chi connectivity index (χ1v) is 5.08. The minimum Gasteiger partial charge on any atom is -0.465 e. The van der Waals surface area contributed by atoms with Crippen LogP contribution in [-0.4, -0.2) is 13.1 Å². The smallest absolute Gasteiger partial charge is 0.339 e. The fourth-order valence-electron chi connectivity index (χ4n) is 1.36. The van der Waals surface area contributed by atoms with Crippen LogP contribution in [0.15, 0.2) is 12.1 Å². The Morgan fingerprint density at radius 3 is 2.65 bits per heavy atom. The molecule has 0 atom stereocenters. The molecule has 0 saturated heterocycles. The van der Waals surface area contributed by atoms with E-state index >= 15 is 0 Å². The topological polar surface area (TPSA) is 50.1 Å². The van der Waals surface area contributed by atoms with Gasteiger partial charge in [0, 0.05) is 11.4 Å². The number of methoxy groups -OCH3 is 1. The number of nitriles is 1. The number of ether oxygens (including phenoxy) is 1. The first kappa shape index (κ1) is 13.4. The van der Waals surface area contributed by atoms with Crippen LogP contribution in [0.1, 0.15) is 33.5 Å². The van der Waals surface area contributed by atoms with E-state index < -0.39 is 12.4 Å². The molecule has 0 saturated carbocycles. The van der Waals surface area contributed by atoms with E-state index in [1.54, 1.807) is 6.07 Å². The summed E-state index contributed by atoms with van der Waals surface area (Å²) in [6.45, 7) is 0. The normalized spacial score (nSPS) is 10.1. The SMILES string of the molecule is COC(=O)c1cc(C(F)F)cc(CCl)c1C#N. The molecule has 1 aromatic carbocycles. The summed E-state index contributed by atoms with van der Waals surface area (Å²) >= 11 is 5.56. The number of carbonyl (C=O) groups excluding carboxylic acids is 1. The van der Waals surface area contributed by atoms with Crippen LogP contribution >= 0.6 is 11.6 Å². The Balaban J connectivity index is 3.49. The number of hydrogen-bond donors (Lipinski definition) is 0. The second-order valence-electron chi connectivity index (χ2n) is 3.14. The molecule has 0 heterocycles. The fourth-order valence-corrected chi connectivity index (χ4v) is 1.57. The van der Waals surface area contributed by atoms with Gasteiger partial charge in [-0.05, 0) is 17.7 Å². The van der Waals surface area contributed by atoms with Crippen LogP contribution in [0.25, 0.3) is 0 Å². The quantitative estimate of drug-likeness (QED) is 0.619. The van der Waals surface area contributed by atoms with Gasteiger partial charge in [0.25, 0.3) is 6.43 Å². The number of hydrogen-bond acceptors (Lipinski definition) is 3. The summed E-state index contributed by atoms with van der Waals surface area (Å²) < 4.78 is 29.6. The number of nitrogens with zero attached hydrogens (tertiary/aromatic N) is 1. The predicted molar refractivity (Wildman–Crippen MR) is 57.0 cm³/mol. The maximum atomic E-state index is 12.6.